The van der Waals surface area contributed by atoms with Crippen LogP contribution in [0.1, 0.15) is 12.0 Å². The van der Waals surface area contributed by atoms with E-state index in [2.05, 4.69) is 22.4 Å². The number of carbonyl (C=O) groups is 1. The maximum atomic E-state index is 11.6. The highest BCUT2D eigenvalue weighted by Gasteiger charge is 2.03. The van der Waals surface area contributed by atoms with Crippen LogP contribution in [0.3, 0.4) is 0 Å². The van der Waals surface area contributed by atoms with Gasteiger partial charge in [0, 0.05) is 6.54 Å². The summed E-state index contributed by atoms with van der Waals surface area (Å²) in [6.07, 6.45) is 3.08. The Balaban J connectivity index is 2.13. The summed E-state index contributed by atoms with van der Waals surface area (Å²) in [6, 6.07) is 7.51. The van der Waals surface area contributed by atoms with Crippen LogP contribution < -0.4 is 20.9 Å². The lowest BCUT2D eigenvalue weighted by molar-refractivity contribution is -0.123. The first-order valence-corrected chi connectivity index (χ1v) is 8.43. The van der Waals surface area contributed by atoms with E-state index in [1.54, 1.807) is 11.8 Å². The summed E-state index contributed by atoms with van der Waals surface area (Å²) in [6.45, 7) is 2.71. The average molecular weight is 327 g/mol. The monoisotopic (exact) mass is 327 g/mol. The van der Waals surface area contributed by atoms with Crippen molar-refractivity contribution in [1.82, 2.24) is 16.2 Å². The van der Waals surface area contributed by atoms with E-state index in [4.69, 9.17) is 17.0 Å². The van der Waals surface area contributed by atoms with Crippen molar-refractivity contribution >= 4 is 35.0 Å². The van der Waals surface area contributed by atoms with E-state index in [1.165, 1.54) is 0 Å². The molecular formula is C14H21N3O2S2. The lowest BCUT2D eigenvalue weighted by Crippen LogP contribution is -2.48. The molecule has 0 aliphatic rings. The number of aryl methyl sites for hydroxylation is 1. The number of amides is 1. The van der Waals surface area contributed by atoms with E-state index in [0.717, 1.165) is 24.3 Å². The lowest BCUT2D eigenvalue weighted by Gasteiger charge is -2.12. The molecule has 0 aliphatic heterocycles. The molecule has 1 rings (SSSR count). The lowest BCUT2D eigenvalue weighted by atomic mass is 10.2. The Labute approximate surface area is 135 Å². The molecular weight excluding hydrogens is 306 g/mol. The van der Waals surface area contributed by atoms with Crippen LogP contribution in [0.2, 0.25) is 0 Å². The van der Waals surface area contributed by atoms with Gasteiger partial charge in [0.15, 0.2) is 11.7 Å². The Morgan fingerprint density at radius 1 is 1.29 bits per heavy atom. The Morgan fingerprint density at radius 2 is 2.00 bits per heavy atom. The van der Waals surface area contributed by atoms with E-state index in [0.29, 0.717) is 10.9 Å². The zero-order chi connectivity index (χ0) is 15.5. The molecule has 0 saturated carbocycles. The van der Waals surface area contributed by atoms with Crippen LogP contribution in [0.15, 0.2) is 24.3 Å². The van der Waals surface area contributed by atoms with Crippen LogP contribution in [0.5, 0.6) is 5.75 Å². The number of hydrogen-bond donors (Lipinski definition) is 3. The van der Waals surface area contributed by atoms with Gasteiger partial charge in [-0.1, -0.05) is 17.7 Å². The van der Waals surface area contributed by atoms with Crippen LogP contribution in [0.4, 0.5) is 0 Å². The number of benzene rings is 1. The minimum absolute atomic E-state index is 0.0643. The summed E-state index contributed by atoms with van der Waals surface area (Å²) in [5.41, 5.74) is 6.27. The third kappa shape index (κ3) is 8.41. The van der Waals surface area contributed by atoms with Crippen molar-refractivity contribution in [2.24, 2.45) is 0 Å². The average Bonchev–Trinajstić information content (AvgIpc) is 2.49. The van der Waals surface area contributed by atoms with Crippen molar-refractivity contribution in [3.8, 4) is 5.75 Å². The third-order valence-electron chi connectivity index (χ3n) is 2.52. The fourth-order valence-electron chi connectivity index (χ4n) is 1.41. The molecule has 0 saturated heterocycles. The molecule has 0 unspecified atom stereocenters. The van der Waals surface area contributed by atoms with E-state index in [-0.39, 0.29) is 12.5 Å². The van der Waals surface area contributed by atoms with Crippen LogP contribution in [-0.4, -0.2) is 36.2 Å². The van der Waals surface area contributed by atoms with Gasteiger partial charge in [0.05, 0.1) is 0 Å². The minimum atomic E-state index is -0.288. The van der Waals surface area contributed by atoms with Crippen LogP contribution in [-0.2, 0) is 4.79 Å². The summed E-state index contributed by atoms with van der Waals surface area (Å²) in [5, 5.41) is 3.41. The number of thioether (sulfide) groups is 1. The van der Waals surface area contributed by atoms with Gasteiger partial charge in [0.25, 0.3) is 5.91 Å². The van der Waals surface area contributed by atoms with Gasteiger partial charge in [-0.2, -0.15) is 11.8 Å². The van der Waals surface area contributed by atoms with Crippen molar-refractivity contribution in [3.05, 3.63) is 29.8 Å². The fraction of sp³-hybridized carbons (Fsp3) is 0.429. The van der Waals surface area contributed by atoms with Gasteiger partial charge in [-0.05, 0) is 49.7 Å². The van der Waals surface area contributed by atoms with Gasteiger partial charge in [0.1, 0.15) is 5.75 Å². The molecule has 1 aromatic rings. The predicted molar refractivity (Wildman–Crippen MR) is 91.6 cm³/mol. The first kappa shape index (κ1) is 17.6. The highest BCUT2D eigenvalue weighted by molar-refractivity contribution is 7.98. The van der Waals surface area contributed by atoms with Crippen molar-refractivity contribution in [2.75, 3.05) is 25.2 Å². The van der Waals surface area contributed by atoms with Gasteiger partial charge < -0.3 is 10.1 Å². The Kier molecular flexibility index (Phi) is 8.61. The van der Waals surface area contributed by atoms with Gasteiger partial charge >= 0.3 is 0 Å². The van der Waals surface area contributed by atoms with Crippen LogP contribution in [0, 0.1) is 6.92 Å². The van der Waals surface area contributed by atoms with E-state index < -0.39 is 0 Å². The van der Waals surface area contributed by atoms with Gasteiger partial charge in [-0.3, -0.25) is 15.6 Å². The molecule has 1 amide bonds. The first-order valence-electron chi connectivity index (χ1n) is 6.63. The second-order valence-corrected chi connectivity index (χ2v) is 5.77. The zero-order valence-electron chi connectivity index (χ0n) is 12.3. The minimum Gasteiger partial charge on any atom is -0.484 e. The van der Waals surface area contributed by atoms with Gasteiger partial charge in [-0.15, -0.1) is 0 Å². The summed E-state index contributed by atoms with van der Waals surface area (Å²) < 4.78 is 5.35. The van der Waals surface area contributed by atoms with Crippen molar-refractivity contribution in [1.29, 1.82) is 0 Å². The molecule has 5 nitrogen and oxygen atoms in total. The quantitative estimate of drug-likeness (QED) is 0.402. The molecule has 21 heavy (non-hydrogen) atoms. The molecule has 0 aliphatic carbocycles. The predicted octanol–water partition coefficient (Wildman–Crippen LogP) is 1.62. The number of hydrogen-bond acceptors (Lipinski definition) is 4. The fourth-order valence-corrected chi connectivity index (χ4v) is 1.99. The molecule has 116 valence electrons. The van der Waals surface area contributed by atoms with E-state index >= 15 is 0 Å². The highest BCUT2D eigenvalue weighted by Crippen LogP contribution is 2.10. The summed E-state index contributed by atoms with van der Waals surface area (Å²) >= 11 is 6.82. The standard InChI is InChI=1S/C14H21N3O2S2/c1-11-4-6-12(7-5-11)19-10-13(18)16-17-14(20)15-8-3-9-21-2/h4-7H,3,8-10H2,1-2H3,(H,16,18)(H2,15,17,20). The second kappa shape index (κ2) is 10.3. The van der Waals surface area contributed by atoms with Crippen molar-refractivity contribution in [3.63, 3.8) is 0 Å². The molecule has 3 N–H and O–H groups in total. The van der Waals surface area contributed by atoms with Crippen LogP contribution >= 0.6 is 24.0 Å². The molecule has 0 radical (unpaired) electrons. The molecule has 7 heteroatoms. The van der Waals surface area contributed by atoms with Gasteiger partial charge in [-0.25, -0.2) is 0 Å². The van der Waals surface area contributed by atoms with Crippen molar-refractivity contribution < 1.29 is 9.53 Å². The van der Waals surface area contributed by atoms with Crippen molar-refractivity contribution in [2.45, 2.75) is 13.3 Å². The zero-order valence-corrected chi connectivity index (χ0v) is 13.9. The van der Waals surface area contributed by atoms with E-state index in [1.807, 2.05) is 31.2 Å². The number of hydrazine groups is 1. The SMILES string of the molecule is CSCCCNC(=S)NNC(=O)COc1ccc(C)cc1. The molecule has 1 aromatic carbocycles. The number of ether oxygens (including phenoxy) is 1. The van der Waals surface area contributed by atoms with Gasteiger partial charge in [0.2, 0.25) is 0 Å². The van der Waals surface area contributed by atoms with Crippen LogP contribution in [0.25, 0.3) is 0 Å². The number of nitrogens with one attached hydrogen (secondary N) is 3. The summed E-state index contributed by atoms with van der Waals surface area (Å²) in [4.78, 5) is 11.6. The smallest absolute Gasteiger partial charge is 0.276 e. The number of thiocarbonyl (C=S) groups is 1. The first-order chi connectivity index (χ1) is 10.1. The van der Waals surface area contributed by atoms with E-state index in [9.17, 15) is 4.79 Å². The maximum Gasteiger partial charge on any atom is 0.276 e. The largest absolute Gasteiger partial charge is 0.484 e. The summed E-state index contributed by atoms with van der Waals surface area (Å²) in [7, 11) is 0. The molecule has 0 aromatic heterocycles. The maximum absolute atomic E-state index is 11.6. The topological polar surface area (TPSA) is 62.4 Å². The summed E-state index contributed by atoms with van der Waals surface area (Å²) in [5.74, 6) is 1.45. The Bertz CT molecular complexity index is 452. The molecule has 0 heterocycles. The normalized spacial score (nSPS) is 9.81. The number of rotatable bonds is 7. The Hall–Kier alpha value is -1.47. The number of carbonyl (C=O) groups excluding carboxylic acids is 1. The molecule has 0 spiro atoms. The molecule has 0 bridgehead atoms. The second-order valence-electron chi connectivity index (χ2n) is 4.38. The molecule has 0 fully saturated rings. The molecule has 0 atom stereocenters. The third-order valence-corrected chi connectivity index (χ3v) is 3.46. The Morgan fingerprint density at radius 3 is 2.67 bits per heavy atom. The highest BCUT2D eigenvalue weighted by atomic mass is 32.2.